The minimum atomic E-state index is -0.633. The summed E-state index contributed by atoms with van der Waals surface area (Å²) in [7, 11) is 0. The maximum absolute atomic E-state index is 10.7. The SMILES string of the molecule is CCCN(Cl)C(=O)N(Cl)Cl. The lowest BCUT2D eigenvalue weighted by molar-refractivity contribution is 0.219. The first-order valence-electron chi connectivity index (χ1n) is 2.68. The zero-order valence-electron chi connectivity index (χ0n) is 5.35. The highest BCUT2D eigenvalue weighted by molar-refractivity contribution is 6.43. The topological polar surface area (TPSA) is 23.6 Å². The second kappa shape index (κ2) is 4.88. The van der Waals surface area contributed by atoms with E-state index in [1.165, 1.54) is 0 Å². The number of amides is 2. The van der Waals surface area contributed by atoms with Crippen LogP contribution in [0.3, 0.4) is 0 Å². The highest BCUT2D eigenvalue weighted by atomic mass is 35.5. The van der Waals surface area contributed by atoms with Gasteiger partial charge in [-0.1, -0.05) is 6.92 Å². The minimum absolute atomic E-state index is 0.392. The third kappa shape index (κ3) is 3.34. The molecule has 0 aliphatic rings. The van der Waals surface area contributed by atoms with Crippen molar-refractivity contribution in [3.63, 3.8) is 0 Å². The molecule has 0 radical (unpaired) electrons. The van der Waals surface area contributed by atoms with Crippen molar-refractivity contribution in [1.82, 2.24) is 8.36 Å². The number of carbonyl (C=O) groups is 1. The third-order valence-corrected chi connectivity index (χ3v) is 1.37. The molecule has 60 valence electrons. The van der Waals surface area contributed by atoms with Gasteiger partial charge in [0.15, 0.2) is 0 Å². The van der Waals surface area contributed by atoms with Gasteiger partial charge in [-0.2, -0.15) is 0 Å². The summed E-state index contributed by atoms with van der Waals surface area (Å²) in [5, 5.41) is 0. The number of hydrogen-bond donors (Lipinski definition) is 0. The van der Waals surface area contributed by atoms with Crippen LogP contribution in [0, 0.1) is 0 Å². The zero-order valence-corrected chi connectivity index (χ0v) is 7.62. The van der Waals surface area contributed by atoms with Crippen molar-refractivity contribution in [2.45, 2.75) is 13.3 Å². The molecule has 0 bridgehead atoms. The van der Waals surface area contributed by atoms with E-state index < -0.39 is 6.03 Å². The lowest BCUT2D eigenvalue weighted by atomic mass is 10.5. The van der Waals surface area contributed by atoms with Crippen molar-refractivity contribution < 1.29 is 4.79 Å². The monoisotopic (exact) mass is 204 g/mol. The van der Waals surface area contributed by atoms with E-state index >= 15 is 0 Å². The first-order chi connectivity index (χ1) is 4.59. The maximum Gasteiger partial charge on any atom is 0.364 e. The van der Waals surface area contributed by atoms with Crippen LogP contribution in [0.15, 0.2) is 0 Å². The average molecular weight is 205 g/mol. The van der Waals surface area contributed by atoms with Gasteiger partial charge in [0.2, 0.25) is 0 Å². The van der Waals surface area contributed by atoms with Gasteiger partial charge >= 0.3 is 6.03 Å². The lowest BCUT2D eigenvalue weighted by Gasteiger charge is -2.13. The Bertz CT molecular complexity index is 119. The Kier molecular flexibility index (Phi) is 4.95. The quantitative estimate of drug-likeness (QED) is 0.636. The van der Waals surface area contributed by atoms with Crippen LogP contribution in [0.25, 0.3) is 0 Å². The van der Waals surface area contributed by atoms with E-state index in [2.05, 4.69) is 0 Å². The summed E-state index contributed by atoms with van der Waals surface area (Å²) in [6, 6.07) is -0.633. The van der Waals surface area contributed by atoms with E-state index in [1.807, 2.05) is 6.92 Å². The molecule has 0 saturated heterocycles. The molecule has 0 aliphatic heterocycles. The first-order valence-corrected chi connectivity index (χ1v) is 3.70. The smallest absolute Gasteiger partial charge is 0.244 e. The van der Waals surface area contributed by atoms with Gasteiger partial charge in [-0.25, -0.2) is 9.21 Å². The number of hydrogen-bond acceptors (Lipinski definition) is 1. The van der Waals surface area contributed by atoms with Gasteiger partial charge in [0, 0.05) is 41.9 Å². The predicted octanol–water partition coefficient (Wildman–Crippen LogP) is 2.58. The van der Waals surface area contributed by atoms with E-state index in [0.29, 0.717) is 10.5 Å². The Labute approximate surface area is 74.8 Å². The maximum atomic E-state index is 10.7. The summed E-state index contributed by atoms with van der Waals surface area (Å²) in [5.74, 6) is 0. The summed E-state index contributed by atoms with van der Waals surface area (Å²) in [6.45, 7) is 2.31. The van der Waals surface area contributed by atoms with Crippen molar-refractivity contribution in [1.29, 1.82) is 0 Å². The lowest BCUT2D eigenvalue weighted by Crippen LogP contribution is -2.27. The van der Waals surface area contributed by atoms with Gasteiger partial charge in [0.25, 0.3) is 0 Å². The molecule has 0 aliphatic carbocycles. The molecule has 0 fully saturated rings. The zero-order chi connectivity index (χ0) is 8.15. The molecule has 2 amide bonds. The largest absolute Gasteiger partial charge is 0.364 e. The summed E-state index contributed by atoms with van der Waals surface area (Å²) >= 11 is 15.6. The van der Waals surface area contributed by atoms with Crippen LogP contribution < -0.4 is 0 Å². The average Bonchev–Trinajstić information content (AvgIpc) is 1.87. The van der Waals surface area contributed by atoms with Crippen LogP contribution in [-0.2, 0) is 0 Å². The molecular weight excluding hydrogens is 198 g/mol. The molecule has 0 aromatic heterocycles. The van der Waals surface area contributed by atoms with E-state index in [9.17, 15) is 4.79 Å². The molecule has 3 nitrogen and oxygen atoms in total. The molecule has 0 unspecified atom stereocenters. The molecule has 10 heavy (non-hydrogen) atoms. The van der Waals surface area contributed by atoms with Crippen molar-refractivity contribution in [2.24, 2.45) is 0 Å². The number of halogens is 3. The fraction of sp³-hybridized carbons (Fsp3) is 0.750. The summed E-state index contributed by atoms with van der Waals surface area (Å²) in [4.78, 5) is 10.7. The number of nitrogens with zero attached hydrogens (tertiary/aromatic N) is 2. The Morgan fingerprint density at radius 3 is 2.20 bits per heavy atom. The van der Waals surface area contributed by atoms with Gasteiger partial charge in [-0.05, 0) is 6.42 Å². The molecule has 0 aromatic carbocycles. The third-order valence-electron chi connectivity index (χ3n) is 0.772. The number of urea groups is 1. The summed E-state index contributed by atoms with van der Waals surface area (Å²) in [5.41, 5.74) is 0. The number of rotatable bonds is 2. The molecule has 0 spiro atoms. The van der Waals surface area contributed by atoms with Gasteiger partial charge in [-0.3, -0.25) is 0 Å². The second-order valence-corrected chi connectivity index (χ2v) is 2.86. The minimum Gasteiger partial charge on any atom is -0.244 e. The normalized spacial score (nSPS) is 9.20. The first kappa shape index (κ1) is 10.1. The molecule has 0 saturated carbocycles. The Morgan fingerprint density at radius 2 is 1.90 bits per heavy atom. The molecule has 6 heteroatoms. The van der Waals surface area contributed by atoms with Crippen molar-refractivity contribution in [2.75, 3.05) is 6.54 Å². The van der Waals surface area contributed by atoms with Crippen LogP contribution in [0.5, 0.6) is 0 Å². The Morgan fingerprint density at radius 1 is 1.40 bits per heavy atom. The summed E-state index contributed by atoms with van der Waals surface area (Å²) < 4.78 is 1.31. The highest BCUT2D eigenvalue weighted by Crippen LogP contribution is 2.08. The Hall–Kier alpha value is 0.140. The van der Waals surface area contributed by atoms with Crippen LogP contribution in [0.2, 0.25) is 0 Å². The standard InChI is InChI=1S/C4H7Cl3N2O/c1-2-3-8(5)4(10)9(6)7/h2-3H2,1H3. The van der Waals surface area contributed by atoms with Gasteiger partial charge < -0.3 is 0 Å². The molecule has 0 aromatic rings. The fourth-order valence-electron chi connectivity index (χ4n) is 0.374. The van der Waals surface area contributed by atoms with E-state index in [1.54, 1.807) is 0 Å². The summed E-state index contributed by atoms with van der Waals surface area (Å²) in [6.07, 6.45) is 0.761. The second-order valence-electron chi connectivity index (χ2n) is 1.60. The molecule has 0 N–H and O–H groups in total. The van der Waals surface area contributed by atoms with Crippen LogP contribution in [0.4, 0.5) is 4.79 Å². The van der Waals surface area contributed by atoms with Crippen molar-refractivity contribution in [3.8, 4) is 0 Å². The van der Waals surface area contributed by atoms with Crippen LogP contribution >= 0.6 is 35.3 Å². The van der Waals surface area contributed by atoms with Gasteiger partial charge in [0.1, 0.15) is 0 Å². The molecule has 0 heterocycles. The van der Waals surface area contributed by atoms with E-state index in [-0.39, 0.29) is 0 Å². The molecular formula is C4H7Cl3N2O. The van der Waals surface area contributed by atoms with E-state index in [4.69, 9.17) is 35.3 Å². The molecule has 0 rings (SSSR count). The fourth-order valence-corrected chi connectivity index (χ4v) is 0.878. The number of carbonyl (C=O) groups excluding carboxylic acids is 1. The van der Waals surface area contributed by atoms with Crippen LogP contribution in [-0.4, -0.2) is 20.9 Å². The predicted molar refractivity (Wildman–Crippen MR) is 41.8 cm³/mol. The van der Waals surface area contributed by atoms with Crippen molar-refractivity contribution in [3.05, 3.63) is 0 Å². The highest BCUT2D eigenvalue weighted by Gasteiger charge is 2.14. The molecule has 0 atom stereocenters. The van der Waals surface area contributed by atoms with Gasteiger partial charge in [0.05, 0.1) is 0 Å². The van der Waals surface area contributed by atoms with Gasteiger partial charge in [-0.15, -0.1) is 3.94 Å². The van der Waals surface area contributed by atoms with Crippen molar-refractivity contribution >= 4 is 41.4 Å². The van der Waals surface area contributed by atoms with E-state index in [0.717, 1.165) is 10.8 Å². The Balaban J connectivity index is 3.71. The van der Waals surface area contributed by atoms with Crippen LogP contribution in [0.1, 0.15) is 13.3 Å².